The Morgan fingerprint density at radius 3 is 2.38 bits per heavy atom. The van der Waals surface area contributed by atoms with Crippen LogP contribution in [-0.4, -0.2) is 47.1 Å². The SMILES string of the molecule is NS(=O)(=O)NC1CCN(c2ncnc3c2nc(-c2ccccc2Cl)n3-c2ccc(Cl)cc2)CC1. The Balaban J connectivity index is 1.61. The minimum absolute atomic E-state index is 0.214. The lowest BCUT2D eigenvalue weighted by atomic mass is 10.1. The van der Waals surface area contributed by atoms with Gasteiger partial charge in [0.1, 0.15) is 12.2 Å². The Kier molecular flexibility index (Phi) is 6.17. The molecule has 5 rings (SSSR count). The topological polar surface area (TPSA) is 119 Å². The number of fused-ring (bicyclic) bond motifs is 1. The molecule has 1 aliphatic rings. The highest BCUT2D eigenvalue weighted by molar-refractivity contribution is 7.87. The fourth-order valence-electron chi connectivity index (χ4n) is 4.21. The zero-order valence-electron chi connectivity index (χ0n) is 17.9. The number of halogens is 2. The van der Waals surface area contributed by atoms with Crippen LogP contribution in [-0.2, 0) is 10.2 Å². The van der Waals surface area contributed by atoms with E-state index < -0.39 is 10.2 Å². The highest BCUT2D eigenvalue weighted by atomic mass is 35.5. The Hall–Kier alpha value is -2.76. The van der Waals surface area contributed by atoms with E-state index in [1.165, 1.54) is 6.33 Å². The van der Waals surface area contributed by atoms with E-state index in [2.05, 4.69) is 19.6 Å². The second-order valence-corrected chi connectivity index (χ2v) is 10.2. The molecule has 0 aliphatic carbocycles. The molecule has 1 aliphatic heterocycles. The Morgan fingerprint density at radius 2 is 1.71 bits per heavy atom. The Morgan fingerprint density at radius 1 is 1.00 bits per heavy atom. The van der Waals surface area contributed by atoms with E-state index in [0.29, 0.717) is 58.8 Å². The molecule has 12 heteroatoms. The lowest BCUT2D eigenvalue weighted by Crippen LogP contribution is -2.46. The zero-order chi connectivity index (χ0) is 23.9. The molecule has 34 heavy (non-hydrogen) atoms. The molecule has 0 spiro atoms. The van der Waals surface area contributed by atoms with Crippen molar-refractivity contribution < 1.29 is 8.42 Å². The average Bonchev–Trinajstić information content (AvgIpc) is 3.19. The number of hydrogen-bond acceptors (Lipinski definition) is 6. The number of nitrogens with one attached hydrogen (secondary N) is 1. The number of nitrogens with two attached hydrogens (primary N) is 1. The summed E-state index contributed by atoms with van der Waals surface area (Å²) >= 11 is 12.7. The van der Waals surface area contributed by atoms with Gasteiger partial charge >= 0.3 is 0 Å². The first-order chi connectivity index (χ1) is 16.3. The van der Waals surface area contributed by atoms with Crippen LogP contribution in [0.1, 0.15) is 12.8 Å². The maximum atomic E-state index is 11.4. The van der Waals surface area contributed by atoms with Crippen molar-refractivity contribution in [2.75, 3.05) is 18.0 Å². The molecule has 1 saturated heterocycles. The number of piperidine rings is 1. The molecule has 2 aromatic heterocycles. The zero-order valence-corrected chi connectivity index (χ0v) is 20.2. The fraction of sp³-hybridized carbons (Fsp3) is 0.227. The van der Waals surface area contributed by atoms with Gasteiger partial charge in [-0.2, -0.15) is 13.1 Å². The van der Waals surface area contributed by atoms with Crippen LogP contribution >= 0.6 is 23.2 Å². The van der Waals surface area contributed by atoms with Gasteiger partial charge in [-0.05, 0) is 49.2 Å². The maximum absolute atomic E-state index is 11.4. The lowest BCUT2D eigenvalue weighted by Gasteiger charge is -2.32. The van der Waals surface area contributed by atoms with Crippen LogP contribution in [0.15, 0.2) is 54.9 Å². The number of hydrogen-bond donors (Lipinski definition) is 2. The van der Waals surface area contributed by atoms with Gasteiger partial charge in [0.15, 0.2) is 17.0 Å². The number of aromatic nitrogens is 4. The molecule has 0 amide bonds. The predicted molar refractivity (Wildman–Crippen MR) is 134 cm³/mol. The first-order valence-corrected chi connectivity index (χ1v) is 12.9. The molecule has 0 bridgehead atoms. The summed E-state index contributed by atoms with van der Waals surface area (Å²) in [5.41, 5.74) is 2.86. The van der Waals surface area contributed by atoms with Crippen molar-refractivity contribution >= 4 is 50.4 Å². The molecule has 0 radical (unpaired) electrons. The summed E-state index contributed by atoms with van der Waals surface area (Å²) < 4.78 is 27.2. The molecule has 3 heterocycles. The minimum Gasteiger partial charge on any atom is -0.355 e. The van der Waals surface area contributed by atoms with Crippen molar-refractivity contribution in [2.24, 2.45) is 5.14 Å². The van der Waals surface area contributed by atoms with E-state index in [4.69, 9.17) is 33.3 Å². The van der Waals surface area contributed by atoms with Crippen LogP contribution in [0, 0.1) is 0 Å². The third-order valence-electron chi connectivity index (χ3n) is 5.75. The quantitative estimate of drug-likeness (QED) is 0.417. The molecule has 0 atom stereocenters. The van der Waals surface area contributed by atoms with E-state index in [0.717, 1.165) is 11.3 Å². The molecule has 0 saturated carbocycles. The third kappa shape index (κ3) is 4.59. The summed E-state index contributed by atoms with van der Waals surface area (Å²) in [6.07, 6.45) is 2.70. The third-order valence-corrected chi connectivity index (χ3v) is 6.99. The molecular weight excluding hydrogens is 497 g/mol. The average molecular weight is 518 g/mol. The van der Waals surface area contributed by atoms with Gasteiger partial charge in [0.05, 0.1) is 5.02 Å². The van der Waals surface area contributed by atoms with Gasteiger partial charge in [-0.15, -0.1) is 0 Å². The second kappa shape index (κ2) is 9.12. The van der Waals surface area contributed by atoms with E-state index in [-0.39, 0.29) is 6.04 Å². The summed E-state index contributed by atoms with van der Waals surface area (Å²) in [7, 11) is -3.74. The van der Waals surface area contributed by atoms with Gasteiger partial charge in [-0.3, -0.25) is 4.57 Å². The van der Waals surface area contributed by atoms with Crippen LogP contribution in [0.5, 0.6) is 0 Å². The summed E-state index contributed by atoms with van der Waals surface area (Å²) in [6.45, 7) is 1.18. The van der Waals surface area contributed by atoms with Gasteiger partial charge in [0, 0.05) is 35.4 Å². The highest BCUT2D eigenvalue weighted by Gasteiger charge is 2.27. The first kappa shape index (κ1) is 23.0. The number of rotatable bonds is 5. The van der Waals surface area contributed by atoms with Crippen molar-refractivity contribution in [1.82, 2.24) is 24.2 Å². The van der Waals surface area contributed by atoms with Crippen molar-refractivity contribution in [3.05, 3.63) is 64.9 Å². The van der Waals surface area contributed by atoms with E-state index >= 15 is 0 Å². The van der Waals surface area contributed by atoms with E-state index in [1.54, 1.807) is 0 Å². The van der Waals surface area contributed by atoms with Gasteiger partial charge in [0.2, 0.25) is 0 Å². The summed E-state index contributed by atoms with van der Waals surface area (Å²) in [5.74, 6) is 1.32. The first-order valence-electron chi connectivity index (χ1n) is 10.6. The molecule has 0 unspecified atom stereocenters. The molecule has 9 nitrogen and oxygen atoms in total. The van der Waals surface area contributed by atoms with Crippen LogP contribution < -0.4 is 14.8 Å². The van der Waals surface area contributed by atoms with Gasteiger partial charge < -0.3 is 4.90 Å². The van der Waals surface area contributed by atoms with Gasteiger partial charge in [-0.1, -0.05) is 35.3 Å². The monoisotopic (exact) mass is 517 g/mol. The predicted octanol–water partition coefficient (Wildman–Crippen LogP) is 3.55. The van der Waals surface area contributed by atoms with E-state index in [9.17, 15) is 8.42 Å². The van der Waals surface area contributed by atoms with E-state index in [1.807, 2.05) is 53.1 Å². The van der Waals surface area contributed by atoms with Gasteiger partial charge in [-0.25, -0.2) is 20.1 Å². The Labute approximate surface area is 206 Å². The molecule has 2 aromatic carbocycles. The number of nitrogens with zero attached hydrogens (tertiary/aromatic N) is 5. The smallest absolute Gasteiger partial charge is 0.274 e. The standard InChI is InChI=1S/C22H21Cl2N7O2S/c23-14-5-7-16(8-6-14)31-20(17-3-1-2-4-18(17)24)28-19-21(26-13-27-22(19)31)30-11-9-15(10-12-30)29-34(25,32)33/h1-8,13,15,29H,9-12H2,(H2,25,32,33). The number of imidazole rings is 1. The van der Waals surface area contributed by atoms with Gasteiger partial charge in [0.25, 0.3) is 10.2 Å². The Bertz CT molecular complexity index is 1450. The normalized spacial score (nSPS) is 15.2. The maximum Gasteiger partial charge on any atom is 0.274 e. The highest BCUT2D eigenvalue weighted by Crippen LogP contribution is 2.35. The summed E-state index contributed by atoms with van der Waals surface area (Å²) in [6, 6.07) is 14.7. The molecule has 4 aromatic rings. The summed E-state index contributed by atoms with van der Waals surface area (Å²) in [5, 5.41) is 6.32. The van der Waals surface area contributed by atoms with Crippen molar-refractivity contribution in [2.45, 2.75) is 18.9 Å². The molecule has 1 fully saturated rings. The fourth-order valence-corrected chi connectivity index (χ4v) is 5.26. The van der Waals surface area contributed by atoms with Crippen LogP contribution in [0.2, 0.25) is 10.0 Å². The lowest BCUT2D eigenvalue weighted by molar-refractivity contribution is 0.459. The number of benzene rings is 2. The van der Waals surface area contributed by atoms with Crippen LogP contribution in [0.4, 0.5) is 5.82 Å². The molecule has 3 N–H and O–H groups in total. The minimum atomic E-state index is -3.74. The summed E-state index contributed by atoms with van der Waals surface area (Å²) in [4.78, 5) is 16.1. The molecular formula is C22H21Cl2N7O2S. The van der Waals surface area contributed by atoms with Crippen LogP contribution in [0.3, 0.4) is 0 Å². The van der Waals surface area contributed by atoms with Crippen LogP contribution in [0.25, 0.3) is 28.2 Å². The van der Waals surface area contributed by atoms with Crippen molar-refractivity contribution in [1.29, 1.82) is 0 Å². The number of anilines is 1. The van der Waals surface area contributed by atoms with Crippen molar-refractivity contribution in [3.63, 3.8) is 0 Å². The van der Waals surface area contributed by atoms with Crippen molar-refractivity contribution in [3.8, 4) is 17.1 Å². The largest absolute Gasteiger partial charge is 0.355 e. The molecule has 176 valence electrons. The second-order valence-electron chi connectivity index (χ2n) is 8.02.